The maximum absolute atomic E-state index is 13.8. The molecule has 0 saturated heterocycles. The van der Waals surface area contributed by atoms with E-state index in [2.05, 4.69) is 15.6 Å². The van der Waals surface area contributed by atoms with Gasteiger partial charge in [0.2, 0.25) is 5.91 Å². The molecule has 9 nitrogen and oxygen atoms in total. The third-order valence-corrected chi connectivity index (χ3v) is 10.0. The second-order valence-electron chi connectivity index (χ2n) is 13.0. The van der Waals surface area contributed by atoms with Crippen molar-refractivity contribution in [3.63, 3.8) is 0 Å². The molecular formula is C36H36N4O5. The molecule has 45 heavy (non-hydrogen) atoms. The van der Waals surface area contributed by atoms with Gasteiger partial charge < -0.3 is 15.4 Å². The Hall–Kier alpha value is -4.79. The summed E-state index contributed by atoms with van der Waals surface area (Å²) < 4.78 is 6.85. The summed E-state index contributed by atoms with van der Waals surface area (Å²) in [6.45, 7) is 1.59. The molecule has 0 spiro atoms. The zero-order valence-electron chi connectivity index (χ0n) is 25.4. The van der Waals surface area contributed by atoms with Gasteiger partial charge in [-0.15, -0.1) is 0 Å². The first-order valence-electron chi connectivity index (χ1n) is 15.6. The van der Waals surface area contributed by atoms with Crippen LogP contribution in [0.5, 0.6) is 0 Å². The van der Waals surface area contributed by atoms with Crippen LogP contribution in [0.15, 0.2) is 77.7 Å². The van der Waals surface area contributed by atoms with E-state index >= 15 is 0 Å². The summed E-state index contributed by atoms with van der Waals surface area (Å²) in [4.78, 5) is 56.9. The molecule has 9 heteroatoms. The predicted octanol–water partition coefficient (Wildman–Crippen LogP) is 4.58. The zero-order chi connectivity index (χ0) is 31.3. The number of carbonyl (C=O) groups is 3. The van der Waals surface area contributed by atoms with Crippen molar-refractivity contribution < 1.29 is 19.1 Å². The Bertz CT molecular complexity index is 1850. The first kappa shape index (κ1) is 29.0. The van der Waals surface area contributed by atoms with Crippen molar-refractivity contribution in [2.75, 3.05) is 7.11 Å². The number of nitrogens with zero attached hydrogens (tertiary/aromatic N) is 2. The van der Waals surface area contributed by atoms with Crippen LogP contribution in [0.2, 0.25) is 0 Å². The van der Waals surface area contributed by atoms with E-state index in [0.717, 1.165) is 37.7 Å². The molecule has 3 unspecified atom stereocenters. The average Bonchev–Trinajstić information content (AvgIpc) is 3.03. The van der Waals surface area contributed by atoms with Gasteiger partial charge in [-0.2, -0.15) is 0 Å². The van der Waals surface area contributed by atoms with Gasteiger partial charge in [0.25, 0.3) is 5.91 Å². The molecule has 2 aromatic heterocycles. The van der Waals surface area contributed by atoms with Crippen LogP contribution in [-0.4, -0.2) is 46.0 Å². The lowest BCUT2D eigenvalue weighted by molar-refractivity contribution is -0.125. The lowest BCUT2D eigenvalue weighted by atomic mass is 9.51. The molecule has 0 aliphatic heterocycles. The van der Waals surface area contributed by atoms with E-state index in [4.69, 9.17) is 4.74 Å². The molecule has 4 bridgehead atoms. The molecule has 2 N–H and O–H groups in total. The number of rotatable bonds is 7. The van der Waals surface area contributed by atoms with Gasteiger partial charge in [-0.05, 0) is 91.8 Å². The molecule has 4 saturated carbocycles. The number of aromatic nitrogens is 2. The number of para-hydroxylation sites is 1. The zero-order valence-corrected chi connectivity index (χ0v) is 25.4. The number of methoxy groups -OCH3 is 1. The fraction of sp³-hybridized carbons (Fsp3) is 0.361. The number of amides is 2. The van der Waals surface area contributed by atoms with Crippen LogP contribution in [-0.2, 0) is 16.0 Å². The normalized spacial score (nSPS) is 24.8. The standard InChI is InChI=1S/C36H36N4O5/c1-21(41)39-36-18-23-15-25(19-36)30(26(16-23)20-36)38-34(43)24-12-10-22(11-13-24)17-29-31(35(44)45-2)40(27-7-4-3-5-8-27)33-28(32(29)42)9-6-14-37-33/h3-14,23,25-26,30H,15-20H2,1-2H3,(H,38,43)(H,39,41)/t23?,25-,26+,30?,36?. The number of hydrogen-bond donors (Lipinski definition) is 2. The first-order valence-corrected chi connectivity index (χ1v) is 15.6. The fourth-order valence-corrected chi connectivity index (χ4v) is 8.57. The molecule has 2 aromatic carbocycles. The molecule has 4 aliphatic rings. The third kappa shape index (κ3) is 5.20. The Morgan fingerprint density at radius 1 is 0.956 bits per heavy atom. The Morgan fingerprint density at radius 3 is 2.33 bits per heavy atom. The van der Waals surface area contributed by atoms with Gasteiger partial charge >= 0.3 is 5.97 Å². The maximum Gasteiger partial charge on any atom is 0.355 e. The minimum Gasteiger partial charge on any atom is -0.464 e. The summed E-state index contributed by atoms with van der Waals surface area (Å²) in [6.07, 6.45) is 6.81. The average molecular weight is 605 g/mol. The highest BCUT2D eigenvalue weighted by molar-refractivity contribution is 5.95. The Balaban J connectivity index is 1.16. The topological polar surface area (TPSA) is 119 Å². The minimum atomic E-state index is -0.634. The first-order chi connectivity index (χ1) is 21.7. The van der Waals surface area contributed by atoms with Crippen LogP contribution in [0.1, 0.15) is 71.0 Å². The largest absolute Gasteiger partial charge is 0.464 e. The van der Waals surface area contributed by atoms with Crippen LogP contribution >= 0.6 is 0 Å². The minimum absolute atomic E-state index is 0.0238. The van der Waals surface area contributed by atoms with E-state index in [1.807, 2.05) is 42.5 Å². The molecule has 5 atom stereocenters. The van der Waals surface area contributed by atoms with Crippen molar-refractivity contribution in [1.82, 2.24) is 20.2 Å². The Kier molecular flexibility index (Phi) is 7.26. The van der Waals surface area contributed by atoms with Gasteiger partial charge in [0.05, 0.1) is 12.5 Å². The fourth-order valence-electron chi connectivity index (χ4n) is 8.57. The lowest BCUT2D eigenvalue weighted by Gasteiger charge is -2.60. The maximum atomic E-state index is 13.8. The van der Waals surface area contributed by atoms with Crippen LogP contribution in [0, 0.1) is 17.8 Å². The second-order valence-corrected chi connectivity index (χ2v) is 13.0. The van der Waals surface area contributed by atoms with Crippen molar-refractivity contribution in [2.24, 2.45) is 17.8 Å². The summed E-state index contributed by atoms with van der Waals surface area (Å²) in [7, 11) is 1.30. The molecule has 2 heterocycles. The third-order valence-electron chi connectivity index (χ3n) is 10.0. The number of hydrogen-bond acceptors (Lipinski definition) is 6. The van der Waals surface area contributed by atoms with Crippen molar-refractivity contribution >= 4 is 28.8 Å². The number of pyridine rings is 2. The number of carbonyl (C=O) groups excluding carboxylic acids is 3. The predicted molar refractivity (Wildman–Crippen MR) is 169 cm³/mol. The number of fused-ring (bicyclic) bond motifs is 1. The van der Waals surface area contributed by atoms with Crippen molar-refractivity contribution in [3.05, 3.63) is 106 Å². The molecule has 8 rings (SSSR count). The van der Waals surface area contributed by atoms with Crippen LogP contribution in [0.3, 0.4) is 0 Å². The SMILES string of the molecule is COC(=O)c1c(Cc2ccc(C(=O)NC3[C@@H]4CC5C[C@H]3CC(NC(C)=O)(C5)C4)cc2)c(=O)c2cccnc2n1-c1ccccc1. The summed E-state index contributed by atoms with van der Waals surface area (Å²) in [5.74, 6) is 0.593. The molecule has 230 valence electrons. The number of benzene rings is 2. The van der Waals surface area contributed by atoms with E-state index in [1.165, 1.54) is 7.11 Å². The van der Waals surface area contributed by atoms with Gasteiger partial charge in [0.15, 0.2) is 5.43 Å². The van der Waals surface area contributed by atoms with Crippen molar-refractivity contribution in [2.45, 2.75) is 57.0 Å². The monoisotopic (exact) mass is 604 g/mol. The van der Waals surface area contributed by atoms with Gasteiger partial charge in [-0.3, -0.25) is 19.0 Å². The van der Waals surface area contributed by atoms with Crippen LogP contribution in [0.25, 0.3) is 16.7 Å². The summed E-state index contributed by atoms with van der Waals surface area (Å²) in [6, 6.07) is 20.0. The number of ether oxygens (including phenoxy) is 1. The van der Waals surface area contributed by atoms with Crippen molar-refractivity contribution in [1.29, 1.82) is 0 Å². The van der Waals surface area contributed by atoms with Crippen molar-refractivity contribution in [3.8, 4) is 5.69 Å². The highest BCUT2D eigenvalue weighted by atomic mass is 16.5. The smallest absolute Gasteiger partial charge is 0.355 e. The highest BCUT2D eigenvalue weighted by Gasteiger charge is 2.56. The molecule has 4 fully saturated rings. The Morgan fingerprint density at radius 2 is 1.67 bits per heavy atom. The van der Waals surface area contributed by atoms with Gasteiger partial charge in [0, 0.05) is 47.9 Å². The summed E-state index contributed by atoms with van der Waals surface area (Å²) in [5.41, 5.74) is 2.40. The van der Waals surface area contributed by atoms with E-state index in [9.17, 15) is 19.2 Å². The van der Waals surface area contributed by atoms with E-state index < -0.39 is 5.97 Å². The summed E-state index contributed by atoms with van der Waals surface area (Å²) >= 11 is 0. The van der Waals surface area contributed by atoms with Gasteiger partial charge in [-0.25, -0.2) is 9.78 Å². The molecule has 2 amide bonds. The molecule has 4 aliphatic carbocycles. The van der Waals surface area contributed by atoms with Crippen LogP contribution in [0.4, 0.5) is 0 Å². The lowest BCUT2D eigenvalue weighted by Crippen LogP contribution is -2.66. The summed E-state index contributed by atoms with van der Waals surface area (Å²) in [5, 5.41) is 6.98. The van der Waals surface area contributed by atoms with Crippen LogP contribution < -0.4 is 16.1 Å². The number of esters is 1. The van der Waals surface area contributed by atoms with E-state index in [-0.39, 0.29) is 40.9 Å². The van der Waals surface area contributed by atoms with Gasteiger partial charge in [-0.1, -0.05) is 30.3 Å². The van der Waals surface area contributed by atoms with E-state index in [1.54, 1.807) is 42.0 Å². The van der Waals surface area contributed by atoms with Gasteiger partial charge in [0.1, 0.15) is 11.3 Å². The Labute approximate surface area is 261 Å². The molecular weight excluding hydrogens is 568 g/mol. The second kappa shape index (κ2) is 11.3. The molecule has 0 radical (unpaired) electrons. The quantitative estimate of drug-likeness (QED) is 0.298. The van der Waals surface area contributed by atoms with E-state index in [0.29, 0.717) is 45.6 Å². The highest BCUT2D eigenvalue weighted by Crippen LogP contribution is 2.55. The number of nitrogens with one attached hydrogen (secondary N) is 2. The molecule has 4 aromatic rings.